The van der Waals surface area contributed by atoms with Gasteiger partial charge in [0.1, 0.15) is 6.54 Å². The number of carbonyl (C=O) groups is 1. The molecule has 2 aliphatic rings. The van der Waals surface area contributed by atoms with Crippen LogP contribution in [-0.4, -0.2) is 46.5 Å². The van der Waals surface area contributed by atoms with Crippen LogP contribution in [0, 0.1) is 11.8 Å². The molecule has 17 heavy (non-hydrogen) atoms. The minimum atomic E-state index is 0.222. The summed E-state index contributed by atoms with van der Waals surface area (Å²) in [6, 6.07) is 0. The van der Waals surface area contributed by atoms with Crippen LogP contribution in [0.2, 0.25) is 0 Å². The van der Waals surface area contributed by atoms with Crippen LogP contribution in [0.5, 0.6) is 0 Å². The molecule has 0 aromatic carbocycles. The standard InChI is InChI=1S/C12H18N4O/c17-12(8-15-2-1-13-9-15)16-6-10-3-11(7-16)5-14-4-10/h1-2,9-11,14H,3-8H2. The minimum Gasteiger partial charge on any atom is -0.340 e. The van der Waals surface area contributed by atoms with Crippen molar-refractivity contribution in [3.05, 3.63) is 18.7 Å². The topological polar surface area (TPSA) is 50.2 Å². The first kappa shape index (κ1) is 10.8. The van der Waals surface area contributed by atoms with E-state index in [4.69, 9.17) is 0 Å². The van der Waals surface area contributed by atoms with E-state index in [1.807, 2.05) is 15.7 Å². The highest BCUT2D eigenvalue weighted by Gasteiger charge is 2.32. The van der Waals surface area contributed by atoms with Crippen molar-refractivity contribution in [2.24, 2.45) is 11.8 Å². The number of aromatic nitrogens is 2. The number of fused-ring (bicyclic) bond motifs is 2. The third-order valence-electron chi connectivity index (χ3n) is 3.72. The van der Waals surface area contributed by atoms with Crippen molar-refractivity contribution in [3.63, 3.8) is 0 Å². The normalized spacial score (nSPS) is 28.1. The van der Waals surface area contributed by atoms with E-state index in [-0.39, 0.29) is 5.91 Å². The maximum absolute atomic E-state index is 12.2. The van der Waals surface area contributed by atoms with Gasteiger partial charge < -0.3 is 14.8 Å². The van der Waals surface area contributed by atoms with E-state index in [2.05, 4.69) is 10.3 Å². The van der Waals surface area contributed by atoms with Crippen LogP contribution in [0.3, 0.4) is 0 Å². The quantitative estimate of drug-likeness (QED) is 0.780. The molecule has 1 aromatic rings. The predicted molar refractivity (Wildman–Crippen MR) is 63.3 cm³/mol. The molecule has 2 unspecified atom stereocenters. The third kappa shape index (κ3) is 2.34. The van der Waals surface area contributed by atoms with Gasteiger partial charge in [-0.05, 0) is 31.3 Å². The van der Waals surface area contributed by atoms with Gasteiger partial charge in [-0.3, -0.25) is 4.79 Å². The SMILES string of the molecule is O=C(Cn1ccnc1)N1CC2CNCC(C2)C1. The lowest BCUT2D eigenvalue weighted by molar-refractivity contribution is -0.135. The Labute approximate surface area is 101 Å². The molecule has 0 spiro atoms. The van der Waals surface area contributed by atoms with Gasteiger partial charge >= 0.3 is 0 Å². The number of carbonyl (C=O) groups excluding carboxylic acids is 1. The van der Waals surface area contributed by atoms with Crippen molar-refractivity contribution in [1.82, 2.24) is 19.8 Å². The molecular weight excluding hydrogens is 216 g/mol. The highest BCUT2D eigenvalue weighted by atomic mass is 16.2. The molecule has 1 amide bonds. The van der Waals surface area contributed by atoms with E-state index in [9.17, 15) is 4.79 Å². The van der Waals surface area contributed by atoms with Crippen LogP contribution in [0.25, 0.3) is 0 Å². The Kier molecular flexibility index (Phi) is 2.84. The molecule has 3 heterocycles. The van der Waals surface area contributed by atoms with Gasteiger partial charge in [0.05, 0.1) is 6.33 Å². The summed E-state index contributed by atoms with van der Waals surface area (Å²) in [7, 11) is 0. The number of nitrogens with zero attached hydrogens (tertiary/aromatic N) is 3. The third-order valence-corrected chi connectivity index (χ3v) is 3.72. The van der Waals surface area contributed by atoms with Gasteiger partial charge in [0, 0.05) is 25.5 Å². The van der Waals surface area contributed by atoms with Gasteiger partial charge in [-0.15, -0.1) is 0 Å². The maximum Gasteiger partial charge on any atom is 0.242 e. The number of hydrogen-bond acceptors (Lipinski definition) is 3. The maximum atomic E-state index is 12.2. The Balaban J connectivity index is 1.62. The number of imidazole rings is 1. The van der Waals surface area contributed by atoms with Crippen molar-refractivity contribution in [1.29, 1.82) is 0 Å². The molecule has 92 valence electrons. The van der Waals surface area contributed by atoms with Crippen LogP contribution < -0.4 is 5.32 Å². The van der Waals surface area contributed by atoms with Crippen molar-refractivity contribution >= 4 is 5.91 Å². The largest absolute Gasteiger partial charge is 0.340 e. The molecule has 5 heteroatoms. The first-order valence-electron chi connectivity index (χ1n) is 6.25. The highest BCUT2D eigenvalue weighted by molar-refractivity contribution is 5.76. The summed E-state index contributed by atoms with van der Waals surface area (Å²) in [5.74, 6) is 1.52. The van der Waals surface area contributed by atoms with Crippen molar-refractivity contribution in [2.75, 3.05) is 26.2 Å². The summed E-state index contributed by atoms with van der Waals surface area (Å²) in [5, 5.41) is 3.44. The zero-order valence-corrected chi connectivity index (χ0v) is 9.88. The van der Waals surface area contributed by atoms with Crippen molar-refractivity contribution < 1.29 is 4.79 Å². The van der Waals surface area contributed by atoms with E-state index in [1.54, 1.807) is 12.5 Å². The summed E-state index contributed by atoms with van der Waals surface area (Å²) in [5.41, 5.74) is 0. The van der Waals surface area contributed by atoms with Gasteiger partial charge in [-0.25, -0.2) is 4.98 Å². The number of amides is 1. The van der Waals surface area contributed by atoms with E-state index in [0.29, 0.717) is 18.4 Å². The van der Waals surface area contributed by atoms with Crippen LogP contribution in [0.15, 0.2) is 18.7 Å². The Morgan fingerprint density at radius 2 is 2.12 bits per heavy atom. The second kappa shape index (κ2) is 4.49. The Morgan fingerprint density at radius 1 is 1.35 bits per heavy atom. The summed E-state index contributed by atoms with van der Waals surface area (Å²) in [6.07, 6.45) is 6.53. The second-order valence-electron chi connectivity index (χ2n) is 5.16. The summed E-state index contributed by atoms with van der Waals surface area (Å²) >= 11 is 0. The summed E-state index contributed by atoms with van der Waals surface area (Å²) in [6.45, 7) is 4.37. The number of likely N-dealkylation sites (tertiary alicyclic amines) is 1. The molecule has 2 saturated heterocycles. The minimum absolute atomic E-state index is 0.222. The number of nitrogens with one attached hydrogen (secondary N) is 1. The van der Waals surface area contributed by atoms with Gasteiger partial charge in [0.15, 0.2) is 0 Å². The number of hydrogen-bond donors (Lipinski definition) is 1. The fourth-order valence-corrected chi connectivity index (χ4v) is 2.95. The zero-order valence-electron chi connectivity index (χ0n) is 9.88. The molecule has 0 radical (unpaired) electrons. The lowest BCUT2D eigenvalue weighted by Crippen LogP contribution is -2.53. The zero-order chi connectivity index (χ0) is 11.7. The first-order valence-corrected chi connectivity index (χ1v) is 6.25. The summed E-state index contributed by atoms with van der Waals surface area (Å²) < 4.78 is 1.84. The number of rotatable bonds is 2. The molecule has 1 aromatic heterocycles. The molecule has 2 atom stereocenters. The van der Waals surface area contributed by atoms with Crippen LogP contribution in [-0.2, 0) is 11.3 Å². The van der Waals surface area contributed by atoms with Crippen molar-refractivity contribution in [3.8, 4) is 0 Å². The molecule has 1 N–H and O–H groups in total. The average Bonchev–Trinajstić information content (AvgIpc) is 2.81. The first-order chi connectivity index (χ1) is 8.31. The molecular formula is C12H18N4O. The van der Waals surface area contributed by atoms with Gasteiger partial charge in [-0.2, -0.15) is 0 Å². The lowest BCUT2D eigenvalue weighted by atomic mass is 9.86. The molecule has 3 rings (SSSR count). The van der Waals surface area contributed by atoms with Gasteiger partial charge in [0.25, 0.3) is 0 Å². The van der Waals surface area contributed by atoms with Crippen LogP contribution in [0.4, 0.5) is 0 Å². The van der Waals surface area contributed by atoms with E-state index in [1.165, 1.54) is 6.42 Å². The monoisotopic (exact) mass is 234 g/mol. The number of piperidine rings is 2. The smallest absolute Gasteiger partial charge is 0.242 e. The lowest BCUT2D eigenvalue weighted by Gasteiger charge is -2.41. The molecule has 0 saturated carbocycles. The molecule has 2 bridgehead atoms. The van der Waals surface area contributed by atoms with Gasteiger partial charge in [0.2, 0.25) is 5.91 Å². The van der Waals surface area contributed by atoms with E-state index in [0.717, 1.165) is 26.2 Å². The molecule has 0 aliphatic carbocycles. The fourth-order valence-electron chi connectivity index (χ4n) is 2.95. The molecule has 2 aliphatic heterocycles. The van der Waals surface area contributed by atoms with Gasteiger partial charge in [-0.1, -0.05) is 0 Å². The van der Waals surface area contributed by atoms with E-state index < -0.39 is 0 Å². The van der Waals surface area contributed by atoms with Crippen LogP contribution in [0.1, 0.15) is 6.42 Å². The molecule has 2 fully saturated rings. The Morgan fingerprint density at radius 3 is 2.76 bits per heavy atom. The second-order valence-corrected chi connectivity index (χ2v) is 5.16. The summed E-state index contributed by atoms with van der Waals surface area (Å²) in [4.78, 5) is 18.1. The Bertz CT molecular complexity index is 377. The highest BCUT2D eigenvalue weighted by Crippen LogP contribution is 2.24. The predicted octanol–water partition coefficient (Wildman–Crippen LogP) is -0.0490. The Hall–Kier alpha value is -1.36. The van der Waals surface area contributed by atoms with Crippen molar-refractivity contribution in [2.45, 2.75) is 13.0 Å². The molecule has 5 nitrogen and oxygen atoms in total. The average molecular weight is 234 g/mol. The van der Waals surface area contributed by atoms with E-state index >= 15 is 0 Å². The van der Waals surface area contributed by atoms with Crippen LogP contribution >= 0.6 is 0 Å². The fraction of sp³-hybridized carbons (Fsp3) is 0.667.